The van der Waals surface area contributed by atoms with Crippen LogP contribution in [0.3, 0.4) is 0 Å². The molecular formula is C30H30BrN3O7. The van der Waals surface area contributed by atoms with Crippen molar-refractivity contribution < 1.29 is 33.4 Å². The number of hydrogen-bond donors (Lipinski definition) is 2. The molecule has 0 spiro atoms. The molecule has 0 aliphatic carbocycles. The number of esters is 2. The van der Waals surface area contributed by atoms with Crippen LogP contribution in [0.2, 0.25) is 0 Å². The van der Waals surface area contributed by atoms with E-state index in [4.69, 9.17) is 14.2 Å². The number of amides is 2. The van der Waals surface area contributed by atoms with Crippen molar-refractivity contribution in [2.24, 2.45) is 5.92 Å². The van der Waals surface area contributed by atoms with Gasteiger partial charge in [0.05, 0.1) is 18.4 Å². The van der Waals surface area contributed by atoms with Gasteiger partial charge in [-0.2, -0.15) is 0 Å². The number of carbonyl (C=O) groups excluding carboxylic acids is 4. The summed E-state index contributed by atoms with van der Waals surface area (Å²) < 4.78 is 16.8. The van der Waals surface area contributed by atoms with E-state index in [1.807, 2.05) is 18.2 Å². The van der Waals surface area contributed by atoms with Gasteiger partial charge in [0.2, 0.25) is 0 Å². The fourth-order valence-corrected chi connectivity index (χ4v) is 4.80. The van der Waals surface area contributed by atoms with Crippen molar-refractivity contribution in [3.05, 3.63) is 88.4 Å². The van der Waals surface area contributed by atoms with E-state index in [9.17, 15) is 19.2 Å². The van der Waals surface area contributed by atoms with Crippen molar-refractivity contribution in [3.63, 3.8) is 0 Å². The minimum Gasteiger partial charge on any atom is -0.478 e. The molecule has 10 nitrogen and oxygen atoms in total. The Bertz CT molecular complexity index is 1400. The fourth-order valence-electron chi connectivity index (χ4n) is 4.41. The van der Waals surface area contributed by atoms with Crippen LogP contribution in [0.4, 0.5) is 16.2 Å². The number of nitrogens with zero attached hydrogens (tertiary/aromatic N) is 1. The van der Waals surface area contributed by atoms with Crippen molar-refractivity contribution in [2.75, 3.05) is 31.0 Å². The second kappa shape index (κ2) is 13.9. The number of hydrogen-bond acceptors (Lipinski definition) is 8. The first kappa shape index (κ1) is 29.8. The maximum absolute atomic E-state index is 13.2. The third-order valence-electron chi connectivity index (χ3n) is 6.49. The molecule has 214 valence electrons. The van der Waals surface area contributed by atoms with Gasteiger partial charge < -0.3 is 24.8 Å². The summed E-state index contributed by atoms with van der Waals surface area (Å²) in [5.74, 6) is -0.702. The van der Waals surface area contributed by atoms with Crippen LogP contribution in [0.5, 0.6) is 5.75 Å². The molecule has 0 bridgehead atoms. The van der Waals surface area contributed by atoms with E-state index in [-0.39, 0.29) is 30.9 Å². The van der Waals surface area contributed by atoms with Crippen LogP contribution in [-0.2, 0) is 25.5 Å². The van der Waals surface area contributed by atoms with Crippen LogP contribution in [0, 0.1) is 5.92 Å². The number of Topliss-reactive ketones (excluding diaryl/α,β-unsaturated/α-hetero) is 1. The molecule has 1 aliphatic heterocycles. The molecule has 0 aromatic heterocycles. The lowest BCUT2D eigenvalue weighted by atomic mass is 9.97. The monoisotopic (exact) mass is 623 g/mol. The van der Waals surface area contributed by atoms with Gasteiger partial charge in [0, 0.05) is 42.4 Å². The zero-order valence-corrected chi connectivity index (χ0v) is 24.2. The Morgan fingerprint density at radius 3 is 2.32 bits per heavy atom. The number of ether oxygens (including phenoxy) is 3. The number of anilines is 2. The first-order chi connectivity index (χ1) is 19.7. The maximum atomic E-state index is 13.2. The molecule has 1 heterocycles. The number of urea groups is 1. The van der Waals surface area contributed by atoms with Crippen LogP contribution in [-0.4, -0.2) is 55.3 Å². The Labute approximate surface area is 246 Å². The number of carbonyl (C=O) groups is 4. The molecule has 0 unspecified atom stereocenters. The summed E-state index contributed by atoms with van der Waals surface area (Å²) in [5, 5.41) is 5.55. The molecular weight excluding hydrogens is 594 g/mol. The van der Waals surface area contributed by atoms with Gasteiger partial charge >= 0.3 is 18.0 Å². The average Bonchev–Trinajstić information content (AvgIpc) is 3.36. The van der Waals surface area contributed by atoms with Gasteiger partial charge in [0.1, 0.15) is 18.3 Å². The summed E-state index contributed by atoms with van der Waals surface area (Å²) in [6, 6.07) is 20.5. The predicted molar refractivity (Wildman–Crippen MR) is 156 cm³/mol. The van der Waals surface area contributed by atoms with Crippen molar-refractivity contribution in [1.29, 1.82) is 0 Å². The van der Waals surface area contributed by atoms with E-state index >= 15 is 0 Å². The number of nitrogens with one attached hydrogen (secondary N) is 2. The van der Waals surface area contributed by atoms with Gasteiger partial charge in [0.15, 0.2) is 6.23 Å². The molecule has 4 rings (SSSR count). The number of ketones is 1. The fraction of sp³-hybridized carbons (Fsp3) is 0.267. The molecule has 1 fully saturated rings. The van der Waals surface area contributed by atoms with Crippen LogP contribution in [0.1, 0.15) is 29.3 Å². The van der Waals surface area contributed by atoms with E-state index in [0.717, 1.165) is 10.0 Å². The van der Waals surface area contributed by atoms with E-state index in [2.05, 4.69) is 26.6 Å². The molecule has 41 heavy (non-hydrogen) atoms. The first-order valence-electron chi connectivity index (χ1n) is 12.9. The zero-order chi connectivity index (χ0) is 29.4. The number of benzene rings is 3. The third kappa shape index (κ3) is 8.38. The number of methoxy groups -OCH3 is 1. The first-order valence-corrected chi connectivity index (χ1v) is 13.7. The Balaban J connectivity index is 1.31. The topological polar surface area (TPSA) is 123 Å². The normalized spacial score (nSPS) is 16.5. The van der Waals surface area contributed by atoms with Gasteiger partial charge in [-0.1, -0.05) is 24.3 Å². The van der Waals surface area contributed by atoms with E-state index < -0.39 is 18.2 Å². The van der Waals surface area contributed by atoms with Gasteiger partial charge in [0.25, 0.3) is 0 Å². The number of halogens is 1. The van der Waals surface area contributed by atoms with Crippen molar-refractivity contribution in [1.82, 2.24) is 4.90 Å². The summed E-state index contributed by atoms with van der Waals surface area (Å²) in [5.41, 5.74) is 2.43. The number of likely N-dealkylation sites (tertiary alicyclic amines) is 1. The van der Waals surface area contributed by atoms with Crippen molar-refractivity contribution in [2.45, 2.75) is 26.0 Å². The third-order valence-corrected chi connectivity index (χ3v) is 7.18. The highest BCUT2D eigenvalue weighted by Crippen LogP contribution is 2.27. The highest BCUT2D eigenvalue weighted by molar-refractivity contribution is 9.10. The van der Waals surface area contributed by atoms with Crippen LogP contribution in [0.15, 0.2) is 77.3 Å². The molecule has 1 saturated heterocycles. The van der Waals surface area contributed by atoms with Crippen LogP contribution >= 0.6 is 15.9 Å². The quantitative estimate of drug-likeness (QED) is 0.294. The standard InChI is InChI=1S/C30H30BrN3O7/c1-19(35)41-28-16-22(17-34(28)18-40-24-13-9-21(10-14-24)29(37)39-2)27(36)15-20-7-11-23(12-8-20)32-30(38)33-26-6-4-3-5-25(26)31/h3-14,22,28H,15-18H2,1-2H3,(H2,32,33,38)/t22-,28-/m0/s1. The van der Waals surface area contributed by atoms with Crippen molar-refractivity contribution >= 4 is 51.1 Å². The van der Waals surface area contributed by atoms with Crippen LogP contribution < -0.4 is 15.4 Å². The molecule has 1 aliphatic rings. The Morgan fingerprint density at radius 1 is 0.951 bits per heavy atom. The summed E-state index contributed by atoms with van der Waals surface area (Å²) in [6.45, 7) is 1.79. The van der Waals surface area contributed by atoms with Gasteiger partial charge in [-0.15, -0.1) is 0 Å². The lowest BCUT2D eigenvalue weighted by Gasteiger charge is -2.23. The predicted octanol–water partition coefficient (Wildman–Crippen LogP) is 5.24. The highest BCUT2D eigenvalue weighted by atomic mass is 79.9. The highest BCUT2D eigenvalue weighted by Gasteiger charge is 2.38. The Kier molecular flexibility index (Phi) is 10.1. The summed E-state index contributed by atoms with van der Waals surface area (Å²) in [7, 11) is 1.31. The van der Waals surface area contributed by atoms with E-state index in [0.29, 0.717) is 35.7 Å². The molecule has 3 aromatic carbocycles. The molecule has 2 N–H and O–H groups in total. The number of rotatable bonds is 10. The molecule has 0 radical (unpaired) electrons. The SMILES string of the molecule is COC(=O)c1ccc(OCN2C[C@@H](C(=O)Cc3ccc(NC(=O)Nc4ccccc4Br)cc3)C[C@@H]2OC(C)=O)cc1. The second-order valence-electron chi connectivity index (χ2n) is 9.46. The van der Waals surface area contributed by atoms with Gasteiger partial charge in [-0.05, 0) is 70.0 Å². The van der Waals surface area contributed by atoms with Gasteiger partial charge in [-0.25, -0.2) is 14.5 Å². The largest absolute Gasteiger partial charge is 0.478 e. The summed E-state index contributed by atoms with van der Waals surface area (Å²) >= 11 is 3.39. The average molecular weight is 624 g/mol. The molecule has 2 atom stereocenters. The summed E-state index contributed by atoms with van der Waals surface area (Å²) in [4.78, 5) is 50.6. The molecule has 3 aromatic rings. The maximum Gasteiger partial charge on any atom is 0.337 e. The lowest BCUT2D eigenvalue weighted by molar-refractivity contribution is -0.156. The minimum atomic E-state index is -0.592. The van der Waals surface area contributed by atoms with Crippen molar-refractivity contribution in [3.8, 4) is 5.75 Å². The van der Waals surface area contributed by atoms with E-state index in [1.54, 1.807) is 59.5 Å². The molecule has 11 heteroatoms. The lowest BCUT2D eigenvalue weighted by Crippen LogP contribution is -2.36. The molecule has 0 saturated carbocycles. The van der Waals surface area contributed by atoms with Gasteiger partial charge in [-0.3, -0.25) is 9.59 Å². The van der Waals surface area contributed by atoms with Crippen LogP contribution in [0.25, 0.3) is 0 Å². The smallest absolute Gasteiger partial charge is 0.337 e. The molecule has 2 amide bonds. The zero-order valence-electron chi connectivity index (χ0n) is 22.6. The van der Waals surface area contributed by atoms with E-state index in [1.165, 1.54) is 14.0 Å². The second-order valence-corrected chi connectivity index (χ2v) is 10.3. The Hall–Kier alpha value is -4.22. The minimum absolute atomic E-state index is 0.0134. The Morgan fingerprint density at radius 2 is 1.66 bits per heavy atom. The number of para-hydroxylation sites is 1. The summed E-state index contributed by atoms with van der Waals surface area (Å²) in [6.07, 6.45) is -0.0341.